The van der Waals surface area contributed by atoms with Crippen LogP contribution in [-0.4, -0.2) is 10.2 Å². The quantitative estimate of drug-likeness (QED) is 0.559. The number of phenolic OH excluding ortho intramolecular Hbond substituents is 2. The minimum atomic E-state index is -0.0337. The van der Waals surface area contributed by atoms with Gasteiger partial charge in [0.25, 0.3) is 0 Å². The highest BCUT2D eigenvalue weighted by atomic mass is 31.1. The predicted molar refractivity (Wildman–Crippen MR) is 90.8 cm³/mol. The summed E-state index contributed by atoms with van der Waals surface area (Å²) in [6, 6.07) is 21.7. The van der Waals surface area contributed by atoms with E-state index >= 15 is 0 Å². The van der Waals surface area contributed by atoms with Gasteiger partial charge in [-0.15, -0.1) is 0 Å². The smallest absolute Gasteiger partial charge is 0.192 e. The minimum absolute atomic E-state index is 0.00103. The number of hydrogen-bond donors (Lipinski definition) is 2. The van der Waals surface area contributed by atoms with Crippen LogP contribution in [0.2, 0.25) is 0 Å². The van der Waals surface area contributed by atoms with Crippen LogP contribution in [0.5, 0.6) is 11.5 Å². The molecule has 0 heterocycles. The zero-order chi connectivity index (χ0) is 16.2. The van der Waals surface area contributed by atoms with Gasteiger partial charge >= 0.3 is 0 Å². The van der Waals surface area contributed by atoms with Gasteiger partial charge in [0.05, 0.1) is 0 Å². The maximum atomic E-state index is 10.9. The molecule has 0 aromatic heterocycles. The average molecular weight is 322 g/mol. The maximum absolute atomic E-state index is 10.9. The molecular formula is C19H15O3P. The fraction of sp³-hybridized carbons (Fsp3) is 0.0526. The van der Waals surface area contributed by atoms with E-state index in [9.17, 15) is 14.8 Å². The Morgan fingerprint density at radius 3 is 1.30 bits per heavy atom. The van der Waals surface area contributed by atoms with Gasteiger partial charge in [-0.05, 0) is 53.1 Å². The highest BCUT2D eigenvalue weighted by Crippen LogP contribution is 2.33. The van der Waals surface area contributed by atoms with E-state index in [4.69, 9.17) is 0 Å². The second-order valence-corrected chi connectivity index (χ2v) is 6.00. The first-order valence-electron chi connectivity index (χ1n) is 7.18. The van der Waals surface area contributed by atoms with Crippen LogP contribution in [0.4, 0.5) is 0 Å². The van der Waals surface area contributed by atoms with Crippen LogP contribution in [0, 0.1) is 0 Å². The molecule has 2 N–H and O–H groups in total. The number of aromatic hydroxyl groups is 2. The molecule has 3 rings (SSSR count). The van der Waals surface area contributed by atoms with Crippen molar-refractivity contribution in [3.8, 4) is 11.5 Å². The molecule has 0 bridgehead atoms. The average Bonchev–Trinajstić information content (AvgIpc) is 2.59. The lowest BCUT2D eigenvalue weighted by molar-refractivity contribution is 0.475. The van der Waals surface area contributed by atoms with Crippen LogP contribution < -0.4 is 5.30 Å². The van der Waals surface area contributed by atoms with E-state index in [1.54, 1.807) is 24.3 Å². The lowest BCUT2D eigenvalue weighted by Crippen LogP contribution is -2.04. The summed E-state index contributed by atoms with van der Waals surface area (Å²) in [6.45, 7) is 0. The summed E-state index contributed by atoms with van der Waals surface area (Å²) in [4.78, 5) is 0. The zero-order valence-electron chi connectivity index (χ0n) is 12.3. The van der Waals surface area contributed by atoms with Crippen LogP contribution in [0.25, 0.3) is 0 Å². The molecule has 0 atom stereocenters. The highest BCUT2D eigenvalue weighted by Gasteiger charge is 2.17. The molecule has 3 aromatic rings. The van der Waals surface area contributed by atoms with E-state index in [-0.39, 0.29) is 25.9 Å². The monoisotopic (exact) mass is 322 g/mol. The van der Waals surface area contributed by atoms with Gasteiger partial charge in [-0.3, -0.25) is 4.57 Å². The van der Waals surface area contributed by atoms with Crippen LogP contribution in [0.3, 0.4) is 0 Å². The second kappa shape index (κ2) is 6.64. The van der Waals surface area contributed by atoms with Gasteiger partial charge in [0.2, 0.25) is 0 Å². The second-order valence-electron chi connectivity index (χ2n) is 5.30. The van der Waals surface area contributed by atoms with Gasteiger partial charge in [-0.25, -0.2) is 0 Å². The SMILES string of the molecule is O=Pc1ccc(C(c2ccc(O)cc2)c2ccc(O)cc2)cc1. The van der Waals surface area contributed by atoms with Crippen LogP contribution in [-0.2, 0) is 4.57 Å². The Morgan fingerprint density at radius 1 is 0.609 bits per heavy atom. The molecule has 114 valence electrons. The Hall–Kier alpha value is -2.64. The van der Waals surface area contributed by atoms with Gasteiger partial charge in [0.15, 0.2) is 8.46 Å². The lowest BCUT2D eigenvalue weighted by Gasteiger charge is -2.19. The molecule has 0 saturated carbocycles. The summed E-state index contributed by atoms with van der Waals surface area (Å²) in [6.07, 6.45) is 0. The maximum Gasteiger partial charge on any atom is 0.192 e. The van der Waals surface area contributed by atoms with Crippen molar-refractivity contribution in [2.75, 3.05) is 0 Å². The number of phenols is 2. The van der Waals surface area contributed by atoms with E-state index < -0.39 is 0 Å². The molecule has 0 aliphatic heterocycles. The predicted octanol–water partition coefficient (Wildman–Crippen LogP) is 4.20. The summed E-state index contributed by atoms with van der Waals surface area (Å²) < 4.78 is 10.9. The number of benzene rings is 3. The fourth-order valence-electron chi connectivity index (χ4n) is 2.64. The minimum Gasteiger partial charge on any atom is -0.508 e. The zero-order valence-corrected chi connectivity index (χ0v) is 13.1. The van der Waals surface area contributed by atoms with Crippen molar-refractivity contribution in [1.82, 2.24) is 0 Å². The first-order valence-corrected chi connectivity index (χ1v) is 8.00. The fourth-order valence-corrected chi connectivity index (χ4v) is 2.91. The molecule has 23 heavy (non-hydrogen) atoms. The Labute approximate surface area is 136 Å². The standard InChI is InChI=1S/C19H15O3P/c20-16-7-1-13(2-8-16)19(14-3-9-17(21)10-4-14)15-5-11-18(23-22)12-6-15/h1-12,19-21H. The largest absolute Gasteiger partial charge is 0.508 e. The van der Waals surface area contributed by atoms with Crippen molar-refractivity contribution >= 4 is 13.8 Å². The first kappa shape index (κ1) is 15.3. The molecule has 0 aliphatic rings. The van der Waals surface area contributed by atoms with Gasteiger partial charge in [0.1, 0.15) is 11.5 Å². The summed E-state index contributed by atoms with van der Waals surface area (Å²) in [7, 11) is 0.00103. The Balaban J connectivity index is 2.10. The van der Waals surface area contributed by atoms with E-state index in [0.29, 0.717) is 0 Å². The van der Waals surface area contributed by atoms with Gasteiger partial charge in [-0.2, -0.15) is 0 Å². The molecule has 0 aliphatic carbocycles. The molecule has 3 nitrogen and oxygen atoms in total. The van der Waals surface area contributed by atoms with Crippen LogP contribution in [0.1, 0.15) is 22.6 Å². The van der Waals surface area contributed by atoms with Gasteiger partial charge in [0, 0.05) is 11.2 Å². The molecule has 3 aromatic carbocycles. The van der Waals surface area contributed by atoms with Crippen LogP contribution >= 0.6 is 8.46 Å². The van der Waals surface area contributed by atoms with E-state index in [2.05, 4.69) is 0 Å². The Bertz CT molecular complexity index is 748. The van der Waals surface area contributed by atoms with E-state index in [1.165, 1.54) is 0 Å². The molecular weight excluding hydrogens is 307 g/mol. The third-order valence-electron chi connectivity index (χ3n) is 3.78. The Morgan fingerprint density at radius 2 is 0.957 bits per heavy atom. The summed E-state index contributed by atoms with van der Waals surface area (Å²) >= 11 is 0. The normalized spacial score (nSPS) is 11.0. The summed E-state index contributed by atoms with van der Waals surface area (Å²) in [5.41, 5.74) is 3.11. The molecule has 0 radical (unpaired) electrons. The molecule has 0 amide bonds. The van der Waals surface area contributed by atoms with Gasteiger partial charge in [-0.1, -0.05) is 36.4 Å². The van der Waals surface area contributed by atoms with E-state index in [0.717, 1.165) is 22.0 Å². The van der Waals surface area contributed by atoms with Crippen molar-refractivity contribution < 1.29 is 14.8 Å². The molecule has 4 heteroatoms. The van der Waals surface area contributed by atoms with Crippen molar-refractivity contribution in [2.45, 2.75) is 5.92 Å². The molecule has 0 spiro atoms. The topological polar surface area (TPSA) is 57.5 Å². The third-order valence-corrected chi connectivity index (χ3v) is 4.29. The molecule has 0 saturated heterocycles. The lowest BCUT2D eigenvalue weighted by atomic mass is 9.85. The summed E-state index contributed by atoms with van der Waals surface area (Å²) in [5, 5.41) is 19.8. The van der Waals surface area contributed by atoms with Crippen molar-refractivity contribution in [3.05, 3.63) is 89.5 Å². The van der Waals surface area contributed by atoms with Gasteiger partial charge < -0.3 is 10.2 Å². The van der Waals surface area contributed by atoms with Crippen molar-refractivity contribution in [2.24, 2.45) is 0 Å². The molecule has 0 unspecified atom stereocenters. The summed E-state index contributed by atoms with van der Waals surface area (Å²) in [5.74, 6) is 0.408. The number of rotatable bonds is 4. The van der Waals surface area contributed by atoms with Crippen LogP contribution in [0.15, 0.2) is 72.8 Å². The first-order chi connectivity index (χ1) is 11.2. The van der Waals surface area contributed by atoms with Crippen molar-refractivity contribution in [3.63, 3.8) is 0 Å². The number of hydrogen-bond acceptors (Lipinski definition) is 3. The van der Waals surface area contributed by atoms with Crippen molar-refractivity contribution in [1.29, 1.82) is 0 Å². The third kappa shape index (κ3) is 3.41. The highest BCUT2D eigenvalue weighted by molar-refractivity contribution is 7.34. The Kier molecular flexibility index (Phi) is 4.40. The molecule has 0 fully saturated rings. The van der Waals surface area contributed by atoms with E-state index in [1.807, 2.05) is 48.5 Å².